The van der Waals surface area contributed by atoms with Crippen LogP contribution in [0.2, 0.25) is 0 Å². The van der Waals surface area contributed by atoms with E-state index in [2.05, 4.69) is 39.7 Å². The van der Waals surface area contributed by atoms with Crippen molar-refractivity contribution in [2.24, 2.45) is 0 Å². The summed E-state index contributed by atoms with van der Waals surface area (Å²) < 4.78 is 0. The number of anilines is 3. The average Bonchev–Trinajstić information content (AvgIpc) is 2.81. The molecule has 0 unspecified atom stereocenters. The standard InChI is InChI=1S/C26H31N5O/c1-20-11-14-29-19-24(20)30-23-9-10-25-22(16-23)18-27-12-5-3-2-4-6-15-31(25)26(32)21-8-7-13-28-17-21/h7-11,13-14,16-17,19,27,30H,2-6,12,15,18H2,1H3. The molecule has 0 saturated carbocycles. The second-order valence-corrected chi connectivity index (χ2v) is 8.30. The Hall–Kier alpha value is -3.25. The fourth-order valence-corrected chi connectivity index (χ4v) is 4.07. The number of aryl methyl sites for hydroxylation is 1. The predicted molar refractivity (Wildman–Crippen MR) is 129 cm³/mol. The van der Waals surface area contributed by atoms with Gasteiger partial charge in [0.2, 0.25) is 0 Å². The van der Waals surface area contributed by atoms with Gasteiger partial charge in [0.05, 0.1) is 17.4 Å². The van der Waals surface area contributed by atoms with Gasteiger partial charge in [0.15, 0.2) is 0 Å². The molecule has 166 valence electrons. The molecule has 0 radical (unpaired) electrons. The molecule has 3 heterocycles. The number of carbonyl (C=O) groups excluding carboxylic acids is 1. The molecule has 0 bridgehead atoms. The Balaban J connectivity index is 1.68. The van der Waals surface area contributed by atoms with Crippen molar-refractivity contribution in [3.8, 4) is 0 Å². The van der Waals surface area contributed by atoms with Crippen LogP contribution < -0.4 is 15.5 Å². The van der Waals surface area contributed by atoms with Gasteiger partial charge in [-0.2, -0.15) is 0 Å². The maximum Gasteiger partial charge on any atom is 0.259 e. The zero-order chi connectivity index (χ0) is 22.2. The van der Waals surface area contributed by atoms with Crippen molar-refractivity contribution in [2.45, 2.75) is 45.6 Å². The number of nitrogens with zero attached hydrogens (tertiary/aromatic N) is 3. The number of aromatic nitrogens is 2. The summed E-state index contributed by atoms with van der Waals surface area (Å²) in [6, 6.07) is 11.9. The molecule has 2 N–H and O–H groups in total. The minimum Gasteiger partial charge on any atom is -0.354 e. The van der Waals surface area contributed by atoms with Gasteiger partial charge in [-0.15, -0.1) is 0 Å². The Kier molecular flexibility index (Phi) is 7.46. The van der Waals surface area contributed by atoms with Gasteiger partial charge < -0.3 is 15.5 Å². The lowest BCUT2D eigenvalue weighted by Crippen LogP contribution is -2.33. The molecular weight excluding hydrogens is 398 g/mol. The Morgan fingerprint density at radius 3 is 2.69 bits per heavy atom. The van der Waals surface area contributed by atoms with Crippen molar-refractivity contribution in [2.75, 3.05) is 23.3 Å². The number of amides is 1. The summed E-state index contributed by atoms with van der Waals surface area (Å²) in [6.07, 6.45) is 12.7. The zero-order valence-corrected chi connectivity index (χ0v) is 18.7. The summed E-state index contributed by atoms with van der Waals surface area (Å²) in [5.74, 6) is 0.000206. The highest BCUT2D eigenvalue weighted by molar-refractivity contribution is 6.06. The summed E-state index contributed by atoms with van der Waals surface area (Å²) in [5, 5.41) is 7.05. The van der Waals surface area contributed by atoms with E-state index in [4.69, 9.17) is 0 Å². The van der Waals surface area contributed by atoms with Crippen LogP contribution in [0.4, 0.5) is 17.1 Å². The van der Waals surface area contributed by atoms with Crippen LogP contribution in [-0.4, -0.2) is 29.0 Å². The van der Waals surface area contributed by atoms with Gasteiger partial charge in [0, 0.05) is 43.1 Å². The second-order valence-electron chi connectivity index (χ2n) is 8.30. The second kappa shape index (κ2) is 10.9. The molecule has 1 amide bonds. The van der Waals surface area contributed by atoms with Gasteiger partial charge >= 0.3 is 0 Å². The fraction of sp³-hybridized carbons (Fsp3) is 0.346. The van der Waals surface area contributed by atoms with Crippen molar-refractivity contribution < 1.29 is 4.79 Å². The van der Waals surface area contributed by atoms with E-state index in [-0.39, 0.29) is 5.91 Å². The number of rotatable bonds is 3. The first kappa shape index (κ1) is 22.0. The SMILES string of the molecule is Cc1ccncc1Nc1ccc2c(c1)CNCCCCCCCN2C(=O)c1cccnc1. The van der Waals surface area contributed by atoms with E-state index in [0.29, 0.717) is 18.7 Å². The minimum atomic E-state index is 0.000206. The number of hydrogen-bond acceptors (Lipinski definition) is 5. The minimum absolute atomic E-state index is 0.000206. The molecule has 0 aliphatic carbocycles. The van der Waals surface area contributed by atoms with E-state index >= 15 is 0 Å². The fourth-order valence-electron chi connectivity index (χ4n) is 4.07. The zero-order valence-electron chi connectivity index (χ0n) is 18.7. The molecule has 4 rings (SSSR count). The van der Waals surface area contributed by atoms with Crippen molar-refractivity contribution in [3.05, 3.63) is 77.9 Å². The molecule has 1 aromatic carbocycles. The number of hydrogen-bond donors (Lipinski definition) is 2. The van der Waals surface area contributed by atoms with E-state index in [0.717, 1.165) is 47.6 Å². The van der Waals surface area contributed by atoms with Crippen LogP contribution in [0, 0.1) is 6.92 Å². The summed E-state index contributed by atoms with van der Waals surface area (Å²) in [7, 11) is 0. The molecule has 3 aromatic rings. The largest absolute Gasteiger partial charge is 0.354 e. The molecule has 0 atom stereocenters. The van der Waals surface area contributed by atoms with E-state index in [1.165, 1.54) is 19.3 Å². The van der Waals surface area contributed by atoms with E-state index < -0.39 is 0 Å². The molecule has 2 aromatic heterocycles. The van der Waals surface area contributed by atoms with E-state index in [1.54, 1.807) is 18.6 Å². The Bertz CT molecular complexity index is 1040. The normalized spacial score (nSPS) is 15.2. The van der Waals surface area contributed by atoms with Crippen LogP contribution in [0.5, 0.6) is 0 Å². The summed E-state index contributed by atoms with van der Waals surface area (Å²) in [4.78, 5) is 23.8. The van der Waals surface area contributed by atoms with Gasteiger partial charge in [-0.1, -0.05) is 19.3 Å². The number of pyridine rings is 2. The Morgan fingerprint density at radius 2 is 1.84 bits per heavy atom. The third-order valence-corrected chi connectivity index (χ3v) is 5.89. The lowest BCUT2D eigenvalue weighted by Gasteiger charge is -2.27. The molecule has 1 aliphatic rings. The maximum atomic E-state index is 13.4. The van der Waals surface area contributed by atoms with E-state index in [9.17, 15) is 4.79 Å². The first-order valence-electron chi connectivity index (χ1n) is 11.5. The molecule has 32 heavy (non-hydrogen) atoms. The van der Waals surface area contributed by atoms with Crippen LogP contribution in [-0.2, 0) is 6.54 Å². The highest BCUT2D eigenvalue weighted by atomic mass is 16.2. The van der Waals surface area contributed by atoms with Crippen molar-refractivity contribution in [3.63, 3.8) is 0 Å². The maximum absolute atomic E-state index is 13.4. The van der Waals surface area contributed by atoms with E-state index in [1.807, 2.05) is 35.4 Å². The van der Waals surface area contributed by atoms with Gasteiger partial charge in [0.1, 0.15) is 0 Å². The molecule has 0 fully saturated rings. The van der Waals surface area contributed by atoms with Crippen molar-refractivity contribution in [1.29, 1.82) is 0 Å². The summed E-state index contributed by atoms with van der Waals surface area (Å²) in [6.45, 7) is 4.46. The molecule has 6 heteroatoms. The molecule has 6 nitrogen and oxygen atoms in total. The van der Waals surface area contributed by atoms with Crippen LogP contribution in [0.1, 0.15) is 53.6 Å². The number of fused-ring (bicyclic) bond motifs is 1. The third kappa shape index (κ3) is 5.51. The van der Waals surface area contributed by atoms with Crippen LogP contribution in [0.15, 0.2) is 61.2 Å². The van der Waals surface area contributed by atoms with Crippen LogP contribution in [0.25, 0.3) is 0 Å². The topological polar surface area (TPSA) is 70.2 Å². The molecule has 0 spiro atoms. The highest BCUT2D eigenvalue weighted by Gasteiger charge is 2.21. The number of carbonyl (C=O) groups is 1. The van der Waals surface area contributed by atoms with Gasteiger partial charge in [-0.25, -0.2) is 0 Å². The summed E-state index contributed by atoms with van der Waals surface area (Å²) in [5.41, 5.74) is 5.79. The monoisotopic (exact) mass is 429 g/mol. The molecule has 1 aliphatic heterocycles. The highest BCUT2D eigenvalue weighted by Crippen LogP contribution is 2.29. The molecular formula is C26H31N5O. The van der Waals surface area contributed by atoms with Crippen LogP contribution in [0.3, 0.4) is 0 Å². The Labute approximate surface area is 190 Å². The first-order valence-corrected chi connectivity index (χ1v) is 11.5. The lowest BCUT2D eigenvalue weighted by atomic mass is 10.1. The van der Waals surface area contributed by atoms with Crippen molar-refractivity contribution in [1.82, 2.24) is 15.3 Å². The van der Waals surface area contributed by atoms with Crippen molar-refractivity contribution >= 4 is 23.0 Å². The van der Waals surface area contributed by atoms with Gasteiger partial charge in [0.25, 0.3) is 5.91 Å². The average molecular weight is 430 g/mol. The molecule has 0 saturated heterocycles. The van der Waals surface area contributed by atoms with Gasteiger partial charge in [-0.05, 0) is 73.8 Å². The van der Waals surface area contributed by atoms with Crippen LogP contribution >= 0.6 is 0 Å². The smallest absolute Gasteiger partial charge is 0.259 e. The Morgan fingerprint density at radius 1 is 1.00 bits per heavy atom. The van der Waals surface area contributed by atoms with Gasteiger partial charge in [-0.3, -0.25) is 14.8 Å². The lowest BCUT2D eigenvalue weighted by molar-refractivity contribution is 0.0986. The predicted octanol–water partition coefficient (Wildman–Crippen LogP) is 5.23. The first-order chi connectivity index (χ1) is 15.7. The third-order valence-electron chi connectivity index (χ3n) is 5.89. The number of benzene rings is 1. The number of nitrogens with one attached hydrogen (secondary N) is 2. The quantitative estimate of drug-likeness (QED) is 0.597. The summed E-state index contributed by atoms with van der Waals surface area (Å²) >= 11 is 0.